The molecule has 30 heavy (non-hydrogen) atoms. The molecule has 4 rings (SSSR count). The van der Waals surface area contributed by atoms with Crippen LogP contribution in [0.25, 0.3) is 16.8 Å². The fraction of sp³-hybridized carbons (Fsp3) is 0.0500. The molecular formula is C20H16ClN5O3S. The minimum absolute atomic E-state index is 0.0951. The number of nitrogens with zero attached hydrogens (tertiary/aromatic N) is 3. The number of nitrogens with one attached hydrogen (secondary N) is 1. The summed E-state index contributed by atoms with van der Waals surface area (Å²) in [6, 6.07) is 14.6. The smallest absolute Gasteiger partial charge is 0.257 e. The predicted octanol–water partition coefficient (Wildman–Crippen LogP) is 3.26. The van der Waals surface area contributed by atoms with Gasteiger partial charge < -0.3 is 5.32 Å². The molecule has 0 radical (unpaired) electrons. The van der Waals surface area contributed by atoms with Crippen LogP contribution in [0, 0.1) is 6.92 Å². The highest BCUT2D eigenvalue weighted by Gasteiger charge is 2.16. The number of hydrogen-bond donors (Lipinski definition) is 2. The van der Waals surface area contributed by atoms with Crippen LogP contribution in [-0.2, 0) is 10.0 Å². The first-order chi connectivity index (χ1) is 14.2. The monoisotopic (exact) mass is 441 g/mol. The molecule has 0 aliphatic rings. The highest BCUT2D eigenvalue weighted by Crippen LogP contribution is 2.27. The Balaban J connectivity index is 1.77. The lowest BCUT2D eigenvalue weighted by Crippen LogP contribution is -2.15. The molecule has 0 saturated heterocycles. The molecule has 0 saturated carbocycles. The van der Waals surface area contributed by atoms with E-state index in [9.17, 15) is 13.2 Å². The summed E-state index contributed by atoms with van der Waals surface area (Å²) >= 11 is 6.13. The molecule has 10 heteroatoms. The molecule has 152 valence electrons. The van der Waals surface area contributed by atoms with Gasteiger partial charge in [-0.1, -0.05) is 29.8 Å². The fourth-order valence-corrected chi connectivity index (χ4v) is 3.79. The summed E-state index contributed by atoms with van der Waals surface area (Å²) in [7, 11) is -3.88. The number of pyridine rings is 1. The molecule has 3 N–H and O–H groups in total. The largest absolute Gasteiger partial charge is 0.322 e. The third kappa shape index (κ3) is 4.04. The number of sulfonamides is 1. The summed E-state index contributed by atoms with van der Waals surface area (Å²) in [6.07, 6.45) is 1.56. The van der Waals surface area contributed by atoms with Gasteiger partial charge in [-0.05, 0) is 48.9 Å². The van der Waals surface area contributed by atoms with Crippen molar-refractivity contribution in [1.29, 1.82) is 0 Å². The van der Waals surface area contributed by atoms with Crippen molar-refractivity contribution in [3.63, 3.8) is 0 Å². The van der Waals surface area contributed by atoms with Crippen LogP contribution in [0.4, 0.5) is 5.69 Å². The summed E-state index contributed by atoms with van der Waals surface area (Å²) < 4.78 is 24.6. The summed E-state index contributed by atoms with van der Waals surface area (Å²) in [6.45, 7) is 1.76. The van der Waals surface area contributed by atoms with E-state index in [0.717, 1.165) is 5.56 Å². The number of carbonyl (C=O) groups excluding carboxylic acids is 1. The third-order valence-electron chi connectivity index (χ3n) is 4.36. The first kappa shape index (κ1) is 20.0. The van der Waals surface area contributed by atoms with Crippen molar-refractivity contribution in [2.75, 3.05) is 5.32 Å². The average molecular weight is 442 g/mol. The quantitative estimate of drug-likeness (QED) is 0.503. The number of carbonyl (C=O) groups is 1. The van der Waals surface area contributed by atoms with Crippen LogP contribution in [0.3, 0.4) is 0 Å². The Hall–Kier alpha value is -3.27. The first-order valence-electron chi connectivity index (χ1n) is 8.78. The second kappa shape index (κ2) is 7.52. The van der Waals surface area contributed by atoms with E-state index >= 15 is 0 Å². The normalized spacial score (nSPS) is 11.6. The lowest BCUT2D eigenvalue weighted by molar-refractivity contribution is 0.102. The van der Waals surface area contributed by atoms with E-state index in [4.69, 9.17) is 16.7 Å². The Morgan fingerprint density at radius 1 is 1.13 bits per heavy atom. The van der Waals surface area contributed by atoms with Crippen molar-refractivity contribution in [3.8, 4) is 11.1 Å². The van der Waals surface area contributed by atoms with Gasteiger partial charge in [0.15, 0.2) is 5.65 Å². The minimum atomic E-state index is -3.88. The van der Waals surface area contributed by atoms with Gasteiger partial charge in [-0.3, -0.25) is 4.79 Å². The predicted molar refractivity (Wildman–Crippen MR) is 114 cm³/mol. The summed E-state index contributed by atoms with van der Waals surface area (Å²) in [4.78, 5) is 17.2. The number of rotatable bonds is 4. The SMILES string of the molecule is Cc1nc2c(-c3cccc(Cl)c3)cc(C(=O)Nc3cccc(S(N)(=O)=O)c3)cn2n1. The zero-order chi connectivity index (χ0) is 21.5. The molecule has 0 bridgehead atoms. The number of anilines is 1. The number of amides is 1. The van der Waals surface area contributed by atoms with Crippen LogP contribution >= 0.6 is 11.6 Å². The number of primary sulfonamides is 1. The molecule has 1 amide bonds. The Kier molecular flexibility index (Phi) is 5.02. The fourth-order valence-electron chi connectivity index (χ4n) is 3.04. The highest BCUT2D eigenvalue weighted by molar-refractivity contribution is 7.89. The second-order valence-electron chi connectivity index (χ2n) is 6.61. The molecule has 0 atom stereocenters. The lowest BCUT2D eigenvalue weighted by atomic mass is 10.0. The second-order valence-corrected chi connectivity index (χ2v) is 8.60. The van der Waals surface area contributed by atoms with E-state index in [1.807, 2.05) is 12.1 Å². The molecule has 2 aromatic heterocycles. The van der Waals surface area contributed by atoms with Crippen molar-refractivity contribution in [2.24, 2.45) is 5.14 Å². The van der Waals surface area contributed by atoms with Crippen molar-refractivity contribution in [1.82, 2.24) is 14.6 Å². The summed E-state index contributed by atoms with van der Waals surface area (Å²) in [5, 5.41) is 12.7. The number of aromatic nitrogens is 3. The van der Waals surface area contributed by atoms with E-state index in [0.29, 0.717) is 33.3 Å². The Labute approximate surface area is 177 Å². The van der Waals surface area contributed by atoms with Crippen molar-refractivity contribution >= 4 is 38.9 Å². The number of halogens is 1. The van der Waals surface area contributed by atoms with E-state index in [1.165, 1.54) is 22.7 Å². The maximum absolute atomic E-state index is 12.9. The topological polar surface area (TPSA) is 119 Å². The van der Waals surface area contributed by atoms with Gasteiger partial charge in [-0.25, -0.2) is 23.1 Å². The zero-order valence-electron chi connectivity index (χ0n) is 15.7. The zero-order valence-corrected chi connectivity index (χ0v) is 17.3. The minimum Gasteiger partial charge on any atom is -0.322 e. The highest BCUT2D eigenvalue weighted by atomic mass is 35.5. The van der Waals surface area contributed by atoms with Crippen molar-refractivity contribution in [2.45, 2.75) is 11.8 Å². The van der Waals surface area contributed by atoms with Gasteiger partial charge in [-0.2, -0.15) is 5.10 Å². The standard InChI is InChI=1S/C20H16ClN5O3S/c1-12-23-19-18(13-4-2-5-15(21)8-13)9-14(11-26(19)25-12)20(27)24-16-6-3-7-17(10-16)30(22,28)29/h2-11H,1H3,(H,24,27)(H2,22,28,29). The molecule has 4 aromatic rings. The number of nitrogens with two attached hydrogens (primary N) is 1. The number of benzene rings is 2. The summed E-state index contributed by atoms with van der Waals surface area (Å²) in [5.74, 6) is 0.108. The van der Waals surface area contributed by atoms with Crippen LogP contribution in [0.1, 0.15) is 16.2 Å². The van der Waals surface area contributed by atoms with Gasteiger partial charge in [0.05, 0.1) is 10.5 Å². The molecule has 0 fully saturated rings. The molecule has 2 aromatic carbocycles. The van der Waals surface area contributed by atoms with E-state index < -0.39 is 15.9 Å². The Morgan fingerprint density at radius 2 is 1.90 bits per heavy atom. The molecule has 0 spiro atoms. The third-order valence-corrected chi connectivity index (χ3v) is 5.50. The van der Waals surface area contributed by atoms with Gasteiger partial charge in [0.25, 0.3) is 5.91 Å². The lowest BCUT2D eigenvalue weighted by Gasteiger charge is -2.10. The number of aryl methyl sites for hydroxylation is 1. The van der Waals surface area contributed by atoms with Gasteiger partial charge in [0, 0.05) is 22.5 Å². The molecule has 2 heterocycles. The van der Waals surface area contributed by atoms with Crippen LogP contribution in [0.15, 0.2) is 65.7 Å². The molecule has 0 unspecified atom stereocenters. The van der Waals surface area contributed by atoms with Crippen molar-refractivity contribution < 1.29 is 13.2 Å². The van der Waals surface area contributed by atoms with Crippen LogP contribution in [-0.4, -0.2) is 28.9 Å². The molecule has 8 nitrogen and oxygen atoms in total. The van der Waals surface area contributed by atoms with E-state index in [1.54, 1.807) is 37.4 Å². The molecule has 0 aliphatic carbocycles. The first-order valence-corrected chi connectivity index (χ1v) is 10.7. The van der Waals surface area contributed by atoms with Gasteiger partial charge in [0.1, 0.15) is 5.82 Å². The van der Waals surface area contributed by atoms with E-state index in [2.05, 4.69) is 15.4 Å². The van der Waals surface area contributed by atoms with Crippen LogP contribution < -0.4 is 10.5 Å². The van der Waals surface area contributed by atoms with Crippen LogP contribution in [0.2, 0.25) is 5.02 Å². The molecular weight excluding hydrogens is 426 g/mol. The maximum Gasteiger partial charge on any atom is 0.257 e. The van der Waals surface area contributed by atoms with Crippen molar-refractivity contribution in [3.05, 3.63) is 77.2 Å². The average Bonchev–Trinajstić information content (AvgIpc) is 3.06. The number of fused-ring (bicyclic) bond motifs is 1. The van der Waals surface area contributed by atoms with Gasteiger partial charge in [-0.15, -0.1) is 0 Å². The summed E-state index contributed by atoms with van der Waals surface area (Å²) in [5.41, 5.74) is 2.66. The Morgan fingerprint density at radius 3 is 2.63 bits per heavy atom. The van der Waals surface area contributed by atoms with Gasteiger partial charge in [0.2, 0.25) is 10.0 Å². The number of hydrogen-bond acceptors (Lipinski definition) is 5. The van der Waals surface area contributed by atoms with E-state index in [-0.39, 0.29) is 4.90 Å². The molecule has 0 aliphatic heterocycles. The van der Waals surface area contributed by atoms with Crippen LogP contribution in [0.5, 0.6) is 0 Å². The Bertz CT molecular complexity index is 1400. The maximum atomic E-state index is 12.9. The van der Waals surface area contributed by atoms with Gasteiger partial charge >= 0.3 is 0 Å².